The topological polar surface area (TPSA) is 95.7 Å². The smallest absolute Gasteiger partial charge is 0.306 e. The maximum Gasteiger partial charge on any atom is 0.306 e. The average Bonchev–Trinajstić information content (AvgIpc) is 2.61. The molecular weight excluding hydrogens is 326 g/mol. The Kier molecular flexibility index (Phi) is 9.89. The van der Waals surface area contributed by atoms with Gasteiger partial charge in [0, 0.05) is 12.1 Å². The summed E-state index contributed by atoms with van der Waals surface area (Å²) >= 11 is 0. The first kappa shape index (κ1) is 20.6. The molecule has 0 spiro atoms. The van der Waals surface area contributed by atoms with Crippen molar-refractivity contribution in [3.63, 3.8) is 0 Å². The zero-order valence-corrected chi connectivity index (χ0v) is 14.6. The van der Waals surface area contributed by atoms with Crippen molar-refractivity contribution in [2.75, 3.05) is 6.61 Å². The quantitative estimate of drug-likeness (QED) is 0.245. The van der Waals surface area contributed by atoms with Crippen LogP contribution in [-0.4, -0.2) is 23.5 Å². The first-order valence-electron chi connectivity index (χ1n) is 8.57. The van der Waals surface area contributed by atoms with Gasteiger partial charge < -0.3 is 9.47 Å². The predicted octanol–water partition coefficient (Wildman–Crippen LogP) is 3.93. The molecule has 0 aromatic heterocycles. The lowest BCUT2D eigenvalue weighted by Gasteiger charge is -2.06. The highest BCUT2D eigenvalue weighted by Crippen LogP contribution is 2.14. The van der Waals surface area contributed by atoms with Crippen LogP contribution >= 0.6 is 0 Å². The molecule has 0 bridgehead atoms. The number of carbonyl (C=O) groups is 2. The molecule has 0 N–H and O–H groups in total. The summed E-state index contributed by atoms with van der Waals surface area (Å²) in [5.74, 6) is -0.950. The van der Waals surface area contributed by atoms with Gasteiger partial charge in [-0.2, -0.15) is 0 Å². The van der Waals surface area contributed by atoms with E-state index in [1.165, 1.54) is 24.6 Å². The van der Waals surface area contributed by atoms with Crippen molar-refractivity contribution in [3.05, 3.63) is 39.9 Å². The molecule has 0 unspecified atom stereocenters. The minimum atomic E-state index is -0.536. The van der Waals surface area contributed by atoms with Gasteiger partial charge in [-0.3, -0.25) is 19.7 Å². The molecule has 7 heteroatoms. The van der Waals surface area contributed by atoms with Crippen molar-refractivity contribution in [1.82, 2.24) is 0 Å². The highest BCUT2D eigenvalue weighted by Gasteiger charge is 2.11. The average molecular weight is 351 g/mol. The zero-order chi connectivity index (χ0) is 18.5. The molecule has 138 valence electrons. The predicted molar refractivity (Wildman–Crippen MR) is 91.8 cm³/mol. The maximum absolute atomic E-state index is 11.6. The number of non-ortho nitro benzene ring substituents is 1. The summed E-state index contributed by atoms with van der Waals surface area (Å²) in [6.07, 6.45) is 5.27. The largest absolute Gasteiger partial charge is 0.466 e. The Labute approximate surface area is 147 Å². The highest BCUT2D eigenvalue weighted by atomic mass is 16.6. The Morgan fingerprint density at radius 1 is 1.04 bits per heavy atom. The van der Waals surface area contributed by atoms with E-state index in [0.717, 1.165) is 25.7 Å². The monoisotopic (exact) mass is 351 g/mol. The molecule has 0 radical (unpaired) electrons. The van der Waals surface area contributed by atoms with Gasteiger partial charge in [-0.15, -0.1) is 0 Å². The van der Waals surface area contributed by atoms with E-state index in [9.17, 15) is 19.7 Å². The van der Waals surface area contributed by atoms with E-state index in [1.807, 2.05) is 0 Å². The minimum Gasteiger partial charge on any atom is -0.466 e. The van der Waals surface area contributed by atoms with E-state index >= 15 is 0 Å². The van der Waals surface area contributed by atoms with Gasteiger partial charge in [0.05, 0.1) is 24.4 Å². The summed E-state index contributed by atoms with van der Waals surface area (Å²) in [6, 6.07) is 5.87. The number of carbonyl (C=O) groups excluding carboxylic acids is 2. The van der Waals surface area contributed by atoms with Crippen LogP contribution in [0.3, 0.4) is 0 Å². The summed E-state index contributed by atoms with van der Waals surface area (Å²) < 4.78 is 10.1. The summed E-state index contributed by atoms with van der Waals surface area (Å²) in [5, 5.41) is 10.7. The van der Waals surface area contributed by atoms with Crippen LogP contribution in [0.25, 0.3) is 0 Å². The number of rotatable bonds is 12. The molecule has 0 saturated carbocycles. The lowest BCUT2D eigenvalue weighted by molar-refractivity contribution is -0.384. The van der Waals surface area contributed by atoms with E-state index in [4.69, 9.17) is 9.47 Å². The van der Waals surface area contributed by atoms with E-state index in [0.29, 0.717) is 12.2 Å². The van der Waals surface area contributed by atoms with Crippen LogP contribution in [0, 0.1) is 10.1 Å². The number of esters is 2. The number of nitro benzene ring substituents is 1. The van der Waals surface area contributed by atoms with Crippen LogP contribution in [0.15, 0.2) is 24.3 Å². The standard InChI is InChI=1S/C18H25NO6/c1-2-3-4-5-6-12-24-17(20)10-11-18(21)25-14-15-8-7-9-16(13-15)19(22)23/h7-9,13H,2-6,10-12,14H2,1H3. The fourth-order valence-electron chi connectivity index (χ4n) is 2.16. The Bertz CT molecular complexity index is 572. The van der Waals surface area contributed by atoms with Crippen LogP contribution in [0.5, 0.6) is 0 Å². The molecule has 0 fully saturated rings. The van der Waals surface area contributed by atoms with E-state index < -0.39 is 16.9 Å². The molecule has 0 saturated heterocycles. The van der Waals surface area contributed by atoms with Crippen LogP contribution in [0.2, 0.25) is 0 Å². The molecule has 0 aliphatic carbocycles. The molecule has 0 atom stereocenters. The summed E-state index contributed by atoms with van der Waals surface area (Å²) in [7, 11) is 0. The van der Waals surface area contributed by atoms with Crippen molar-refractivity contribution in [2.45, 2.75) is 58.5 Å². The Balaban J connectivity index is 2.17. The molecule has 1 aromatic carbocycles. The fourth-order valence-corrected chi connectivity index (χ4v) is 2.16. The maximum atomic E-state index is 11.6. The van der Waals surface area contributed by atoms with Gasteiger partial charge in [-0.25, -0.2) is 0 Å². The van der Waals surface area contributed by atoms with Gasteiger partial charge in [0.2, 0.25) is 0 Å². The van der Waals surface area contributed by atoms with Crippen LogP contribution in [0.1, 0.15) is 57.4 Å². The van der Waals surface area contributed by atoms with Crippen molar-refractivity contribution in [3.8, 4) is 0 Å². The third-order valence-corrected chi connectivity index (χ3v) is 3.57. The SMILES string of the molecule is CCCCCCCOC(=O)CCC(=O)OCc1cccc([N+](=O)[O-])c1. The second-order valence-electron chi connectivity index (χ2n) is 5.72. The molecule has 0 heterocycles. The highest BCUT2D eigenvalue weighted by molar-refractivity contribution is 5.77. The molecule has 1 aromatic rings. The molecule has 7 nitrogen and oxygen atoms in total. The van der Waals surface area contributed by atoms with Crippen molar-refractivity contribution in [1.29, 1.82) is 0 Å². The molecule has 0 amide bonds. The summed E-state index contributed by atoms with van der Waals surface area (Å²) in [4.78, 5) is 33.3. The number of benzene rings is 1. The fraction of sp³-hybridized carbons (Fsp3) is 0.556. The zero-order valence-electron chi connectivity index (χ0n) is 14.6. The van der Waals surface area contributed by atoms with Crippen LogP contribution in [0.4, 0.5) is 5.69 Å². The first-order valence-corrected chi connectivity index (χ1v) is 8.57. The number of hydrogen-bond acceptors (Lipinski definition) is 6. The van der Waals surface area contributed by atoms with Crippen molar-refractivity contribution >= 4 is 17.6 Å². The number of hydrogen-bond donors (Lipinski definition) is 0. The van der Waals surface area contributed by atoms with E-state index in [2.05, 4.69) is 6.92 Å². The lowest BCUT2D eigenvalue weighted by Crippen LogP contribution is -2.11. The van der Waals surface area contributed by atoms with Gasteiger partial charge in [0.15, 0.2) is 0 Å². The molecule has 0 aliphatic rings. The number of unbranched alkanes of at least 4 members (excludes halogenated alkanes) is 4. The molecule has 25 heavy (non-hydrogen) atoms. The molecular formula is C18H25NO6. The van der Waals surface area contributed by atoms with Gasteiger partial charge in [-0.05, 0) is 12.0 Å². The number of nitrogens with zero attached hydrogens (tertiary/aromatic N) is 1. The van der Waals surface area contributed by atoms with E-state index in [-0.39, 0.29) is 25.1 Å². The normalized spacial score (nSPS) is 10.3. The lowest BCUT2D eigenvalue weighted by atomic mass is 10.2. The molecule has 0 aliphatic heterocycles. The Hall–Kier alpha value is -2.44. The first-order chi connectivity index (χ1) is 12.0. The minimum absolute atomic E-state index is 0.0251. The number of ether oxygens (including phenoxy) is 2. The van der Waals surface area contributed by atoms with Crippen LogP contribution < -0.4 is 0 Å². The third-order valence-electron chi connectivity index (χ3n) is 3.57. The van der Waals surface area contributed by atoms with Crippen LogP contribution in [-0.2, 0) is 25.7 Å². The molecule has 1 rings (SSSR count). The van der Waals surface area contributed by atoms with Crippen molar-refractivity contribution < 1.29 is 24.0 Å². The second kappa shape index (κ2) is 12.0. The van der Waals surface area contributed by atoms with Gasteiger partial charge in [0.25, 0.3) is 5.69 Å². The second-order valence-corrected chi connectivity index (χ2v) is 5.72. The summed E-state index contributed by atoms with van der Waals surface area (Å²) in [5.41, 5.74) is 0.466. The Morgan fingerprint density at radius 3 is 2.40 bits per heavy atom. The van der Waals surface area contributed by atoms with Gasteiger partial charge in [0.1, 0.15) is 6.61 Å². The van der Waals surface area contributed by atoms with E-state index in [1.54, 1.807) is 6.07 Å². The van der Waals surface area contributed by atoms with Gasteiger partial charge >= 0.3 is 11.9 Å². The summed E-state index contributed by atoms with van der Waals surface area (Å²) in [6.45, 7) is 2.45. The third kappa shape index (κ3) is 9.44. The van der Waals surface area contributed by atoms with Crippen molar-refractivity contribution in [2.24, 2.45) is 0 Å². The number of nitro groups is 1. The van der Waals surface area contributed by atoms with Gasteiger partial charge in [-0.1, -0.05) is 44.7 Å². The Morgan fingerprint density at radius 2 is 1.72 bits per heavy atom.